The Bertz CT molecular complexity index is 491. The molecule has 0 saturated carbocycles. The third kappa shape index (κ3) is 1.94. The SMILES string of the molecule is CC(=O)c1cnc(-c2ccsc2)nc1C. The Morgan fingerprint density at radius 2 is 2.27 bits per heavy atom. The molecule has 4 heteroatoms. The van der Waals surface area contributed by atoms with E-state index >= 15 is 0 Å². The fraction of sp³-hybridized carbons (Fsp3) is 0.182. The van der Waals surface area contributed by atoms with Crippen LogP contribution in [0, 0.1) is 6.92 Å². The summed E-state index contributed by atoms with van der Waals surface area (Å²) < 4.78 is 0. The Balaban J connectivity index is 2.47. The van der Waals surface area contributed by atoms with Gasteiger partial charge in [0.15, 0.2) is 11.6 Å². The lowest BCUT2D eigenvalue weighted by Crippen LogP contribution is -2.01. The second-order valence-corrected chi connectivity index (χ2v) is 4.04. The molecule has 0 unspecified atom stereocenters. The van der Waals surface area contributed by atoms with Crippen molar-refractivity contribution < 1.29 is 4.79 Å². The first kappa shape index (κ1) is 9.98. The first-order chi connectivity index (χ1) is 7.18. The molecule has 76 valence electrons. The highest BCUT2D eigenvalue weighted by atomic mass is 32.1. The standard InChI is InChI=1S/C11H10N2OS/c1-7-10(8(2)14)5-12-11(13-7)9-3-4-15-6-9/h3-6H,1-2H3. The first-order valence-electron chi connectivity index (χ1n) is 4.55. The summed E-state index contributed by atoms with van der Waals surface area (Å²) >= 11 is 1.60. The summed E-state index contributed by atoms with van der Waals surface area (Å²) in [7, 11) is 0. The average Bonchev–Trinajstić information content (AvgIpc) is 2.69. The molecule has 2 aromatic rings. The lowest BCUT2D eigenvalue weighted by atomic mass is 10.2. The van der Waals surface area contributed by atoms with Crippen LogP contribution in [-0.4, -0.2) is 15.8 Å². The van der Waals surface area contributed by atoms with Crippen molar-refractivity contribution in [2.75, 3.05) is 0 Å². The van der Waals surface area contributed by atoms with Crippen LogP contribution < -0.4 is 0 Å². The van der Waals surface area contributed by atoms with Gasteiger partial charge in [-0.2, -0.15) is 11.3 Å². The van der Waals surface area contributed by atoms with Crippen molar-refractivity contribution in [3.05, 3.63) is 34.3 Å². The number of carbonyl (C=O) groups is 1. The zero-order valence-corrected chi connectivity index (χ0v) is 9.34. The van der Waals surface area contributed by atoms with Crippen LogP contribution in [0.5, 0.6) is 0 Å². The van der Waals surface area contributed by atoms with Gasteiger partial charge in [-0.1, -0.05) is 0 Å². The highest BCUT2D eigenvalue weighted by molar-refractivity contribution is 7.08. The molecule has 0 bridgehead atoms. The summed E-state index contributed by atoms with van der Waals surface area (Å²) in [6, 6.07) is 1.97. The molecule has 0 aliphatic carbocycles. The summed E-state index contributed by atoms with van der Waals surface area (Å²) in [4.78, 5) is 19.7. The predicted molar refractivity (Wildman–Crippen MR) is 60.1 cm³/mol. The van der Waals surface area contributed by atoms with Gasteiger partial charge in [0.25, 0.3) is 0 Å². The highest BCUT2D eigenvalue weighted by Crippen LogP contribution is 2.18. The summed E-state index contributed by atoms with van der Waals surface area (Å²) in [6.45, 7) is 3.35. The third-order valence-corrected chi connectivity index (χ3v) is 2.82. The maximum absolute atomic E-state index is 11.2. The normalized spacial score (nSPS) is 10.3. The Morgan fingerprint density at radius 1 is 1.47 bits per heavy atom. The summed E-state index contributed by atoms with van der Waals surface area (Å²) in [6.07, 6.45) is 1.59. The number of hydrogen-bond donors (Lipinski definition) is 0. The quantitative estimate of drug-likeness (QED) is 0.728. The Labute approximate surface area is 91.8 Å². The van der Waals surface area contributed by atoms with E-state index in [1.807, 2.05) is 23.8 Å². The number of thiophene rings is 1. The molecule has 0 saturated heterocycles. The molecule has 2 aromatic heterocycles. The van der Waals surface area contributed by atoms with Crippen LogP contribution in [0.4, 0.5) is 0 Å². The van der Waals surface area contributed by atoms with Gasteiger partial charge in [0.1, 0.15) is 0 Å². The second kappa shape index (κ2) is 3.90. The maximum atomic E-state index is 11.2. The third-order valence-electron chi connectivity index (χ3n) is 2.14. The van der Waals surface area contributed by atoms with Gasteiger partial charge in [0.05, 0.1) is 11.3 Å². The van der Waals surface area contributed by atoms with E-state index in [0.29, 0.717) is 11.4 Å². The van der Waals surface area contributed by atoms with Crippen LogP contribution in [0.15, 0.2) is 23.0 Å². The summed E-state index contributed by atoms with van der Waals surface area (Å²) in [5.41, 5.74) is 2.32. The van der Waals surface area contributed by atoms with Crippen molar-refractivity contribution in [3.8, 4) is 11.4 Å². The van der Waals surface area contributed by atoms with E-state index < -0.39 is 0 Å². The molecule has 0 N–H and O–H groups in total. The maximum Gasteiger partial charge on any atom is 0.163 e. The van der Waals surface area contributed by atoms with Crippen LogP contribution in [-0.2, 0) is 0 Å². The number of ketones is 1. The smallest absolute Gasteiger partial charge is 0.163 e. The van der Waals surface area contributed by atoms with Crippen LogP contribution in [0.25, 0.3) is 11.4 Å². The molecular formula is C11H10N2OS. The number of aromatic nitrogens is 2. The number of carbonyl (C=O) groups excluding carboxylic acids is 1. The van der Waals surface area contributed by atoms with E-state index in [4.69, 9.17) is 0 Å². The number of Topliss-reactive ketones (excluding diaryl/α,β-unsaturated/α-hetero) is 1. The van der Waals surface area contributed by atoms with Crippen molar-refractivity contribution in [2.45, 2.75) is 13.8 Å². The lowest BCUT2D eigenvalue weighted by molar-refractivity contribution is 0.101. The number of rotatable bonds is 2. The minimum absolute atomic E-state index is 0.00405. The van der Waals surface area contributed by atoms with Crippen molar-refractivity contribution in [3.63, 3.8) is 0 Å². The summed E-state index contributed by atoms with van der Waals surface area (Å²) in [5, 5.41) is 3.97. The van der Waals surface area contributed by atoms with Gasteiger partial charge in [-0.25, -0.2) is 9.97 Å². The molecule has 3 nitrogen and oxygen atoms in total. The largest absolute Gasteiger partial charge is 0.294 e. The molecule has 0 spiro atoms. The number of nitrogens with zero attached hydrogens (tertiary/aromatic N) is 2. The molecule has 0 aromatic carbocycles. The molecule has 0 aliphatic rings. The topological polar surface area (TPSA) is 42.9 Å². The van der Waals surface area contributed by atoms with Crippen LogP contribution in [0.2, 0.25) is 0 Å². The molecule has 15 heavy (non-hydrogen) atoms. The van der Waals surface area contributed by atoms with Gasteiger partial charge >= 0.3 is 0 Å². The predicted octanol–water partition coefficient (Wildman–Crippen LogP) is 2.72. The van der Waals surface area contributed by atoms with Crippen molar-refractivity contribution in [2.24, 2.45) is 0 Å². The van der Waals surface area contributed by atoms with Crippen LogP contribution in [0.1, 0.15) is 23.0 Å². The van der Waals surface area contributed by atoms with Gasteiger partial charge in [0, 0.05) is 17.1 Å². The van der Waals surface area contributed by atoms with Crippen molar-refractivity contribution >= 4 is 17.1 Å². The Morgan fingerprint density at radius 3 is 2.80 bits per heavy atom. The van der Waals surface area contributed by atoms with Gasteiger partial charge in [-0.3, -0.25) is 4.79 Å². The molecule has 2 heterocycles. The van der Waals surface area contributed by atoms with Crippen LogP contribution >= 0.6 is 11.3 Å². The monoisotopic (exact) mass is 218 g/mol. The van der Waals surface area contributed by atoms with Crippen molar-refractivity contribution in [1.29, 1.82) is 0 Å². The molecular weight excluding hydrogens is 208 g/mol. The van der Waals surface area contributed by atoms with E-state index in [9.17, 15) is 4.79 Å². The molecule has 0 amide bonds. The Hall–Kier alpha value is -1.55. The lowest BCUT2D eigenvalue weighted by Gasteiger charge is -2.02. The zero-order chi connectivity index (χ0) is 10.8. The molecule has 0 aliphatic heterocycles. The van der Waals surface area contributed by atoms with E-state index in [1.54, 1.807) is 17.5 Å². The molecule has 0 atom stereocenters. The van der Waals surface area contributed by atoms with Crippen molar-refractivity contribution in [1.82, 2.24) is 9.97 Å². The molecule has 2 rings (SSSR count). The minimum atomic E-state index is 0.00405. The minimum Gasteiger partial charge on any atom is -0.294 e. The van der Waals surface area contributed by atoms with Crippen LogP contribution in [0.3, 0.4) is 0 Å². The van der Waals surface area contributed by atoms with E-state index in [-0.39, 0.29) is 5.78 Å². The first-order valence-corrected chi connectivity index (χ1v) is 5.50. The number of aryl methyl sites for hydroxylation is 1. The van der Waals surface area contributed by atoms with E-state index in [0.717, 1.165) is 11.3 Å². The fourth-order valence-electron chi connectivity index (χ4n) is 1.34. The molecule has 0 radical (unpaired) electrons. The fourth-order valence-corrected chi connectivity index (χ4v) is 1.98. The van der Waals surface area contributed by atoms with E-state index in [1.165, 1.54) is 6.92 Å². The van der Waals surface area contributed by atoms with Gasteiger partial charge < -0.3 is 0 Å². The van der Waals surface area contributed by atoms with Gasteiger partial charge in [-0.05, 0) is 25.3 Å². The molecule has 0 fully saturated rings. The van der Waals surface area contributed by atoms with Gasteiger partial charge in [0.2, 0.25) is 0 Å². The van der Waals surface area contributed by atoms with E-state index in [2.05, 4.69) is 9.97 Å². The Kier molecular flexibility index (Phi) is 2.60. The summed E-state index contributed by atoms with van der Waals surface area (Å²) in [5.74, 6) is 0.683. The zero-order valence-electron chi connectivity index (χ0n) is 8.52. The second-order valence-electron chi connectivity index (χ2n) is 3.26. The highest BCUT2D eigenvalue weighted by Gasteiger charge is 2.08. The average molecular weight is 218 g/mol. The number of hydrogen-bond acceptors (Lipinski definition) is 4. The van der Waals surface area contributed by atoms with Gasteiger partial charge in [-0.15, -0.1) is 0 Å².